The Hall–Kier alpha value is -1.68. The fraction of sp³-hybridized carbons (Fsp3) is 0.400. The number of ether oxygens (including phenoxy) is 1. The molecule has 2 rings (SSSR count). The second kappa shape index (κ2) is 6.18. The largest absolute Gasteiger partial charge is 0.491 e. The summed E-state index contributed by atoms with van der Waals surface area (Å²) >= 11 is 6.20. The average Bonchev–Trinajstić information content (AvgIpc) is 2.62. The van der Waals surface area contributed by atoms with E-state index in [2.05, 4.69) is 10.4 Å². The normalized spacial score (nSPS) is 10.9. The molecule has 108 valence electrons. The molecule has 20 heavy (non-hydrogen) atoms. The summed E-state index contributed by atoms with van der Waals surface area (Å²) in [6.45, 7) is 6.64. The summed E-state index contributed by atoms with van der Waals surface area (Å²) in [5.41, 5.74) is 3.00. The topological polar surface area (TPSA) is 39.1 Å². The van der Waals surface area contributed by atoms with Gasteiger partial charge in [-0.1, -0.05) is 11.6 Å². The lowest BCUT2D eigenvalue weighted by Crippen LogP contribution is -2.05. The molecule has 5 heteroatoms. The van der Waals surface area contributed by atoms with Gasteiger partial charge in [0, 0.05) is 24.8 Å². The molecule has 0 radical (unpaired) electrons. The van der Waals surface area contributed by atoms with E-state index in [0.717, 1.165) is 22.7 Å². The maximum absolute atomic E-state index is 6.20. The van der Waals surface area contributed by atoms with Crippen molar-refractivity contribution in [3.05, 3.63) is 40.7 Å². The number of aryl methyl sites for hydroxylation is 2. The van der Waals surface area contributed by atoms with Gasteiger partial charge >= 0.3 is 0 Å². The van der Waals surface area contributed by atoms with E-state index in [1.165, 1.54) is 0 Å². The van der Waals surface area contributed by atoms with Gasteiger partial charge in [0.05, 0.1) is 11.8 Å². The van der Waals surface area contributed by atoms with E-state index < -0.39 is 0 Å². The second-order valence-electron chi connectivity index (χ2n) is 5.02. The summed E-state index contributed by atoms with van der Waals surface area (Å²) in [6, 6.07) is 7.91. The van der Waals surface area contributed by atoms with Gasteiger partial charge in [0.15, 0.2) is 0 Å². The fourth-order valence-corrected chi connectivity index (χ4v) is 2.23. The highest BCUT2D eigenvalue weighted by atomic mass is 35.5. The summed E-state index contributed by atoms with van der Waals surface area (Å²) in [7, 11) is 1.84. The Morgan fingerprint density at radius 2 is 1.95 bits per heavy atom. The molecule has 1 heterocycles. The Morgan fingerprint density at radius 3 is 2.45 bits per heavy atom. The van der Waals surface area contributed by atoms with Crippen molar-refractivity contribution in [3.8, 4) is 5.75 Å². The van der Waals surface area contributed by atoms with E-state index in [0.29, 0.717) is 11.7 Å². The van der Waals surface area contributed by atoms with Crippen LogP contribution in [0.15, 0.2) is 24.3 Å². The monoisotopic (exact) mass is 293 g/mol. The molecule has 0 amide bonds. The van der Waals surface area contributed by atoms with Gasteiger partial charge in [-0.05, 0) is 45.0 Å². The highest BCUT2D eigenvalue weighted by Gasteiger charge is 2.10. The Morgan fingerprint density at radius 1 is 1.30 bits per heavy atom. The van der Waals surface area contributed by atoms with Crippen molar-refractivity contribution < 1.29 is 4.74 Å². The zero-order valence-corrected chi connectivity index (χ0v) is 13.0. The highest BCUT2D eigenvalue weighted by Crippen LogP contribution is 2.21. The maximum atomic E-state index is 6.20. The van der Waals surface area contributed by atoms with Gasteiger partial charge in [0.25, 0.3) is 0 Å². The molecule has 0 aliphatic heterocycles. The molecule has 1 N–H and O–H groups in total. The number of nitrogens with zero attached hydrogens (tertiary/aromatic N) is 2. The number of hydrogen-bond donors (Lipinski definition) is 1. The van der Waals surface area contributed by atoms with Crippen LogP contribution in [0.5, 0.6) is 5.75 Å². The van der Waals surface area contributed by atoms with Crippen molar-refractivity contribution in [3.63, 3.8) is 0 Å². The average molecular weight is 294 g/mol. The number of aromatic nitrogens is 2. The predicted molar refractivity (Wildman–Crippen MR) is 82.5 cm³/mol. The molecule has 0 unspecified atom stereocenters. The van der Waals surface area contributed by atoms with E-state index >= 15 is 0 Å². The van der Waals surface area contributed by atoms with Crippen LogP contribution in [0.3, 0.4) is 0 Å². The standard InChI is InChI=1S/C15H20ClN3O/c1-10(2)20-13-7-5-12(6-8-13)17-9-14-11(3)18-19(4)15(14)16/h5-8,10,17H,9H2,1-4H3. The molecule has 0 fully saturated rings. The Kier molecular flexibility index (Phi) is 4.55. The quantitative estimate of drug-likeness (QED) is 0.912. The number of hydrogen-bond acceptors (Lipinski definition) is 3. The predicted octanol–water partition coefficient (Wildman–Crippen LogP) is 3.78. The minimum atomic E-state index is 0.186. The Labute approximate surface area is 124 Å². The molecule has 0 atom stereocenters. The first kappa shape index (κ1) is 14.7. The molecule has 4 nitrogen and oxygen atoms in total. The summed E-state index contributed by atoms with van der Waals surface area (Å²) in [5.74, 6) is 0.876. The molecule has 2 aromatic rings. The van der Waals surface area contributed by atoms with Crippen LogP contribution in [0.4, 0.5) is 5.69 Å². The smallest absolute Gasteiger partial charge is 0.131 e. The van der Waals surface area contributed by atoms with E-state index in [-0.39, 0.29) is 6.10 Å². The number of rotatable bonds is 5. The van der Waals surface area contributed by atoms with Gasteiger partial charge in [0.1, 0.15) is 10.9 Å². The van der Waals surface area contributed by atoms with Crippen molar-refractivity contribution >= 4 is 17.3 Å². The molecular weight excluding hydrogens is 274 g/mol. The third-order valence-electron chi connectivity index (χ3n) is 2.97. The van der Waals surface area contributed by atoms with Crippen LogP contribution in [-0.2, 0) is 13.6 Å². The van der Waals surface area contributed by atoms with E-state index in [4.69, 9.17) is 16.3 Å². The minimum absolute atomic E-state index is 0.186. The minimum Gasteiger partial charge on any atom is -0.491 e. The van der Waals surface area contributed by atoms with Crippen LogP contribution in [0.2, 0.25) is 5.15 Å². The fourth-order valence-electron chi connectivity index (χ4n) is 1.99. The van der Waals surface area contributed by atoms with Crippen LogP contribution in [0.25, 0.3) is 0 Å². The molecule has 1 aromatic carbocycles. The van der Waals surface area contributed by atoms with Crippen LogP contribution < -0.4 is 10.1 Å². The molecule has 0 spiro atoms. The molecule has 0 aliphatic carbocycles. The number of benzene rings is 1. The van der Waals surface area contributed by atoms with Crippen LogP contribution >= 0.6 is 11.6 Å². The number of anilines is 1. The lowest BCUT2D eigenvalue weighted by molar-refractivity contribution is 0.242. The van der Waals surface area contributed by atoms with Crippen molar-refractivity contribution in [2.24, 2.45) is 7.05 Å². The van der Waals surface area contributed by atoms with E-state index in [1.807, 2.05) is 52.1 Å². The summed E-state index contributed by atoms with van der Waals surface area (Å²) in [5, 5.41) is 8.31. The first-order valence-electron chi connectivity index (χ1n) is 6.66. The molecule has 1 aromatic heterocycles. The maximum Gasteiger partial charge on any atom is 0.131 e. The molecule has 0 saturated carbocycles. The molecular formula is C15H20ClN3O. The lowest BCUT2D eigenvalue weighted by atomic mass is 10.2. The van der Waals surface area contributed by atoms with Gasteiger partial charge in [-0.3, -0.25) is 4.68 Å². The molecule has 0 bridgehead atoms. The first-order valence-corrected chi connectivity index (χ1v) is 7.03. The third-order valence-corrected chi connectivity index (χ3v) is 3.44. The van der Waals surface area contributed by atoms with Crippen molar-refractivity contribution in [2.45, 2.75) is 33.4 Å². The van der Waals surface area contributed by atoms with Gasteiger partial charge < -0.3 is 10.1 Å². The van der Waals surface area contributed by atoms with Crippen LogP contribution in [-0.4, -0.2) is 15.9 Å². The van der Waals surface area contributed by atoms with Gasteiger partial charge in [-0.15, -0.1) is 0 Å². The number of nitrogens with one attached hydrogen (secondary N) is 1. The second-order valence-corrected chi connectivity index (χ2v) is 5.38. The van der Waals surface area contributed by atoms with Gasteiger partial charge in [0.2, 0.25) is 0 Å². The van der Waals surface area contributed by atoms with Crippen LogP contribution in [0.1, 0.15) is 25.1 Å². The van der Waals surface area contributed by atoms with Gasteiger partial charge in [-0.2, -0.15) is 5.10 Å². The number of halogens is 1. The SMILES string of the molecule is Cc1nn(C)c(Cl)c1CNc1ccc(OC(C)C)cc1. The first-order chi connectivity index (χ1) is 9.47. The van der Waals surface area contributed by atoms with Crippen molar-refractivity contribution in [1.82, 2.24) is 9.78 Å². The lowest BCUT2D eigenvalue weighted by Gasteiger charge is -2.11. The Balaban J connectivity index is 2.00. The Bertz CT molecular complexity index is 576. The van der Waals surface area contributed by atoms with Crippen LogP contribution in [0, 0.1) is 6.92 Å². The van der Waals surface area contributed by atoms with Crippen molar-refractivity contribution in [2.75, 3.05) is 5.32 Å². The van der Waals surface area contributed by atoms with Gasteiger partial charge in [-0.25, -0.2) is 0 Å². The summed E-state index contributed by atoms with van der Waals surface area (Å²) in [4.78, 5) is 0. The summed E-state index contributed by atoms with van der Waals surface area (Å²) < 4.78 is 7.30. The highest BCUT2D eigenvalue weighted by molar-refractivity contribution is 6.30. The van der Waals surface area contributed by atoms with E-state index in [1.54, 1.807) is 4.68 Å². The molecule has 0 saturated heterocycles. The zero-order chi connectivity index (χ0) is 14.7. The zero-order valence-electron chi connectivity index (χ0n) is 12.3. The molecule has 0 aliphatic rings. The summed E-state index contributed by atoms with van der Waals surface area (Å²) in [6.07, 6.45) is 0.186. The third kappa shape index (κ3) is 3.45. The van der Waals surface area contributed by atoms with E-state index in [9.17, 15) is 0 Å². The van der Waals surface area contributed by atoms with Crippen molar-refractivity contribution in [1.29, 1.82) is 0 Å².